The molecule has 0 radical (unpaired) electrons. The van der Waals surface area contributed by atoms with Crippen LogP contribution in [0.25, 0.3) is 16.0 Å². The summed E-state index contributed by atoms with van der Waals surface area (Å²) < 4.78 is 23.5. The third-order valence-corrected chi connectivity index (χ3v) is 8.49. The van der Waals surface area contributed by atoms with Crippen LogP contribution in [0.3, 0.4) is 0 Å². The number of amides is 1. The lowest BCUT2D eigenvalue weighted by molar-refractivity contribution is -0.132. The molecule has 220 valence electrons. The number of aromatic nitrogens is 1. The first kappa shape index (κ1) is 27.5. The van der Waals surface area contributed by atoms with E-state index < -0.39 is 17.7 Å². The molecule has 9 nitrogen and oxygen atoms in total. The van der Waals surface area contributed by atoms with Gasteiger partial charge in [-0.3, -0.25) is 14.5 Å². The number of nitrogens with zero attached hydrogens (tertiary/aromatic N) is 2. The lowest BCUT2D eigenvalue weighted by atomic mass is 9.95. The molecule has 3 heterocycles. The van der Waals surface area contributed by atoms with E-state index in [0.717, 1.165) is 10.3 Å². The Bertz CT molecular complexity index is 1940. The number of ketones is 1. The number of ether oxygens (including phenoxy) is 4. The van der Waals surface area contributed by atoms with Gasteiger partial charge in [0, 0.05) is 5.56 Å². The molecule has 1 N–H and O–H groups in total. The van der Waals surface area contributed by atoms with E-state index in [4.69, 9.17) is 23.9 Å². The normalized spacial score (nSPS) is 17.2. The van der Waals surface area contributed by atoms with Gasteiger partial charge in [-0.15, -0.1) is 0 Å². The fourth-order valence-corrected chi connectivity index (χ4v) is 6.35. The molecule has 7 rings (SSSR count). The highest BCUT2D eigenvalue weighted by Gasteiger charge is 2.48. The average Bonchev–Trinajstić information content (AvgIpc) is 3.61. The second kappa shape index (κ2) is 11.4. The number of aliphatic hydroxyl groups excluding tert-OH is 1. The van der Waals surface area contributed by atoms with Crippen molar-refractivity contribution in [2.75, 3.05) is 25.2 Å². The van der Waals surface area contributed by atoms with E-state index in [-0.39, 0.29) is 11.3 Å². The van der Waals surface area contributed by atoms with E-state index in [9.17, 15) is 14.7 Å². The second-order valence-electron chi connectivity index (χ2n) is 10.2. The molecule has 1 fully saturated rings. The van der Waals surface area contributed by atoms with Gasteiger partial charge in [-0.2, -0.15) is 0 Å². The zero-order valence-electron chi connectivity index (χ0n) is 23.6. The smallest absolute Gasteiger partial charge is 0.301 e. The van der Waals surface area contributed by atoms with Crippen LogP contribution in [0.4, 0.5) is 5.13 Å². The van der Waals surface area contributed by atoms with Gasteiger partial charge in [-0.05, 0) is 59.7 Å². The maximum Gasteiger partial charge on any atom is 0.301 e. The van der Waals surface area contributed by atoms with E-state index in [0.29, 0.717) is 64.6 Å². The molecule has 0 unspecified atom stereocenters. The van der Waals surface area contributed by atoms with Crippen molar-refractivity contribution in [3.8, 4) is 23.0 Å². The third-order valence-electron chi connectivity index (χ3n) is 7.47. The van der Waals surface area contributed by atoms with Gasteiger partial charge in [0.15, 0.2) is 16.6 Å². The van der Waals surface area contributed by atoms with Gasteiger partial charge in [0.05, 0.1) is 28.9 Å². The fourth-order valence-electron chi connectivity index (χ4n) is 5.33. The molecular weight excluding hydrogens is 580 g/mol. The number of benzene rings is 4. The number of thiazole rings is 1. The molecule has 44 heavy (non-hydrogen) atoms. The number of hydrogen-bond donors (Lipinski definition) is 1. The molecule has 0 spiro atoms. The summed E-state index contributed by atoms with van der Waals surface area (Å²) in [4.78, 5) is 33.6. The summed E-state index contributed by atoms with van der Waals surface area (Å²) in [7, 11) is 1.58. The van der Waals surface area contributed by atoms with Crippen molar-refractivity contribution in [1.82, 2.24) is 4.98 Å². The van der Waals surface area contributed by atoms with Gasteiger partial charge in [-0.25, -0.2) is 4.98 Å². The summed E-state index contributed by atoms with van der Waals surface area (Å²) in [6.07, 6.45) is 0. The Balaban J connectivity index is 1.35. The molecule has 1 amide bonds. The van der Waals surface area contributed by atoms with Crippen molar-refractivity contribution in [1.29, 1.82) is 0 Å². The van der Waals surface area contributed by atoms with Crippen molar-refractivity contribution in [2.45, 2.75) is 12.6 Å². The molecule has 1 atom stereocenters. The predicted octanol–water partition coefficient (Wildman–Crippen LogP) is 6.28. The number of methoxy groups -OCH3 is 1. The third kappa shape index (κ3) is 4.99. The first-order valence-electron chi connectivity index (χ1n) is 13.9. The summed E-state index contributed by atoms with van der Waals surface area (Å²) in [6, 6.07) is 26.3. The minimum absolute atomic E-state index is 0.0660. The maximum absolute atomic E-state index is 13.8. The van der Waals surface area contributed by atoms with Crippen molar-refractivity contribution >= 4 is 44.1 Å². The molecule has 2 aliphatic heterocycles. The molecule has 4 aromatic carbocycles. The molecule has 0 saturated carbocycles. The molecule has 5 aromatic rings. The number of hydrogen-bond acceptors (Lipinski definition) is 9. The highest BCUT2D eigenvalue weighted by molar-refractivity contribution is 7.22. The number of carbonyl (C=O) groups is 2. The summed E-state index contributed by atoms with van der Waals surface area (Å²) in [5.74, 6) is 0.232. The van der Waals surface area contributed by atoms with Gasteiger partial charge < -0.3 is 24.1 Å². The Morgan fingerprint density at radius 3 is 2.57 bits per heavy atom. The molecule has 1 aromatic heterocycles. The molecular formula is C34H26N2O7S. The van der Waals surface area contributed by atoms with Gasteiger partial charge in [0.2, 0.25) is 0 Å². The monoisotopic (exact) mass is 606 g/mol. The van der Waals surface area contributed by atoms with E-state index in [1.54, 1.807) is 55.6 Å². The van der Waals surface area contributed by atoms with Crippen molar-refractivity contribution in [3.63, 3.8) is 0 Å². The van der Waals surface area contributed by atoms with Crippen molar-refractivity contribution < 1.29 is 33.6 Å². The van der Waals surface area contributed by atoms with Crippen LogP contribution in [0.15, 0.2) is 96.6 Å². The van der Waals surface area contributed by atoms with Gasteiger partial charge in [0.25, 0.3) is 5.78 Å². The molecule has 2 aliphatic rings. The van der Waals surface area contributed by atoms with Crippen LogP contribution in [0, 0.1) is 0 Å². The number of fused-ring (bicyclic) bond motifs is 2. The number of anilines is 1. The van der Waals surface area contributed by atoms with Crippen LogP contribution in [-0.2, 0) is 16.2 Å². The van der Waals surface area contributed by atoms with Gasteiger partial charge in [-0.1, -0.05) is 53.8 Å². The van der Waals surface area contributed by atoms with Crippen LogP contribution >= 0.6 is 11.3 Å². The maximum atomic E-state index is 13.8. The Morgan fingerprint density at radius 1 is 0.932 bits per heavy atom. The minimum Gasteiger partial charge on any atom is -0.507 e. The van der Waals surface area contributed by atoms with Crippen LogP contribution in [0.5, 0.6) is 23.0 Å². The molecule has 1 saturated heterocycles. The van der Waals surface area contributed by atoms with Crippen LogP contribution in [0.1, 0.15) is 22.7 Å². The lowest BCUT2D eigenvalue weighted by Gasteiger charge is -2.24. The van der Waals surface area contributed by atoms with Gasteiger partial charge >= 0.3 is 5.91 Å². The fraction of sp³-hybridized carbons (Fsp3) is 0.147. The number of carbonyl (C=O) groups excluding carboxylic acids is 2. The first-order valence-corrected chi connectivity index (χ1v) is 14.7. The topological polar surface area (TPSA) is 107 Å². The minimum atomic E-state index is -0.981. The highest BCUT2D eigenvalue weighted by atomic mass is 32.1. The van der Waals surface area contributed by atoms with Crippen molar-refractivity contribution in [2.24, 2.45) is 0 Å². The lowest BCUT2D eigenvalue weighted by Crippen LogP contribution is -2.29. The van der Waals surface area contributed by atoms with Crippen LogP contribution in [-0.4, -0.2) is 42.1 Å². The van der Waals surface area contributed by atoms with Crippen molar-refractivity contribution in [3.05, 3.63) is 113 Å². The van der Waals surface area contributed by atoms with E-state index in [1.807, 2.05) is 42.5 Å². The number of rotatable bonds is 7. The summed E-state index contributed by atoms with van der Waals surface area (Å²) in [5.41, 5.74) is 2.47. The summed E-state index contributed by atoms with van der Waals surface area (Å²) in [6.45, 7) is 1.11. The Morgan fingerprint density at radius 2 is 1.75 bits per heavy atom. The summed E-state index contributed by atoms with van der Waals surface area (Å²) >= 11 is 1.26. The average molecular weight is 607 g/mol. The summed E-state index contributed by atoms with van der Waals surface area (Å²) in [5, 5.41) is 12.0. The molecule has 0 aliphatic carbocycles. The Hall–Kier alpha value is -5.35. The quantitative estimate of drug-likeness (QED) is 0.131. The van der Waals surface area contributed by atoms with Crippen LogP contribution in [0.2, 0.25) is 0 Å². The molecule has 10 heteroatoms. The Labute approximate surface area is 256 Å². The first-order chi connectivity index (χ1) is 21.5. The van der Waals surface area contributed by atoms with Gasteiger partial charge in [0.1, 0.15) is 37.1 Å². The van der Waals surface area contributed by atoms with E-state index in [1.165, 1.54) is 16.2 Å². The SMILES string of the molecule is COc1ccc2nc(N3C(=O)C(=O)/C(=C(/O)c4ccc5c(c4)OCCO5)[C@@H]3c3cccc(OCc4ccccc4)c3)sc2c1. The zero-order valence-corrected chi connectivity index (χ0v) is 24.4. The largest absolute Gasteiger partial charge is 0.507 e. The van der Waals surface area contributed by atoms with E-state index >= 15 is 0 Å². The Kier molecular flexibility index (Phi) is 7.11. The predicted molar refractivity (Wildman–Crippen MR) is 166 cm³/mol. The second-order valence-corrected chi connectivity index (χ2v) is 11.2. The highest BCUT2D eigenvalue weighted by Crippen LogP contribution is 2.46. The zero-order chi connectivity index (χ0) is 30.2. The number of aliphatic hydroxyl groups is 1. The number of Topliss-reactive ketones (excluding diaryl/α,β-unsaturated/α-hetero) is 1. The molecule has 0 bridgehead atoms. The van der Waals surface area contributed by atoms with E-state index in [2.05, 4.69) is 0 Å². The standard InChI is InChI=1S/C34H26N2O7S/c1-40-23-11-12-25-28(18-23)44-34(35-25)36-30(21-8-5-9-24(16-21)43-19-20-6-3-2-4-7-20)29(32(38)33(36)39)31(37)22-10-13-26-27(17-22)42-15-14-41-26/h2-13,16-18,30,37H,14-15,19H2,1H3/b31-29+/t30-/m0/s1. The van der Waals surface area contributed by atoms with Crippen LogP contribution < -0.4 is 23.8 Å².